The number of carbonyl (C=O) groups is 2. The number of para-hydroxylation sites is 1. The highest BCUT2D eigenvalue weighted by atomic mass is 32.2. The summed E-state index contributed by atoms with van der Waals surface area (Å²) in [5, 5.41) is 9.77. The van der Waals surface area contributed by atoms with E-state index in [-0.39, 0.29) is 29.0 Å². The van der Waals surface area contributed by atoms with Crippen LogP contribution in [0.25, 0.3) is 11.2 Å². The minimum Gasteiger partial charge on any atom is -0.507 e. The first-order chi connectivity index (χ1) is 17.6. The molecule has 1 amide bonds. The van der Waals surface area contributed by atoms with E-state index in [1.807, 2.05) is 0 Å². The summed E-state index contributed by atoms with van der Waals surface area (Å²) in [6.07, 6.45) is -3.23. The number of imidazole rings is 1. The molecule has 0 unspecified atom stereocenters. The Hall–Kier alpha value is -3.89. The molecule has 1 aromatic carbocycles. The van der Waals surface area contributed by atoms with Gasteiger partial charge in [0.1, 0.15) is 23.7 Å². The number of aromatic nitrogens is 4. The quantitative estimate of drug-likeness (QED) is 0.274. The Morgan fingerprint density at radius 2 is 2.03 bits per heavy atom. The van der Waals surface area contributed by atoms with Gasteiger partial charge in [-0.15, -0.1) is 0 Å². The average molecular weight is 538 g/mol. The number of rotatable bonds is 9. The third-order valence-corrected chi connectivity index (χ3v) is 6.50. The molecule has 3 heterocycles. The van der Waals surface area contributed by atoms with Gasteiger partial charge in [0.2, 0.25) is 0 Å². The van der Waals surface area contributed by atoms with Gasteiger partial charge in [-0.05, 0) is 18.6 Å². The molecule has 0 spiro atoms. The number of fused-ring (bicyclic) bond motifs is 1. The zero-order valence-electron chi connectivity index (χ0n) is 19.4. The Balaban J connectivity index is 1.53. The number of nitrogen functional groups attached to an aromatic ring is 1. The van der Waals surface area contributed by atoms with Crippen molar-refractivity contribution in [2.24, 2.45) is 0 Å². The number of halogens is 1. The first kappa shape index (κ1) is 26.2. The summed E-state index contributed by atoms with van der Waals surface area (Å²) in [4.78, 5) is 36.4. The SMILES string of the molecule is CCCC(=O)O[C@H]1[C@@H](F)[C@H](n2cnc3c(N)ncnc32)O[C@@H]1CNS(=O)(=O)NC(=O)c1ccccc1O. The van der Waals surface area contributed by atoms with Gasteiger partial charge in [0, 0.05) is 13.0 Å². The smallest absolute Gasteiger partial charge is 0.306 e. The Morgan fingerprint density at radius 3 is 2.76 bits per heavy atom. The molecule has 198 valence electrons. The van der Waals surface area contributed by atoms with Gasteiger partial charge < -0.3 is 20.3 Å². The van der Waals surface area contributed by atoms with Crippen molar-refractivity contribution >= 4 is 39.1 Å². The molecule has 37 heavy (non-hydrogen) atoms. The van der Waals surface area contributed by atoms with Crippen LogP contribution in [0.4, 0.5) is 10.2 Å². The zero-order valence-corrected chi connectivity index (χ0v) is 20.3. The number of ether oxygens (including phenoxy) is 2. The Morgan fingerprint density at radius 1 is 1.27 bits per heavy atom. The highest BCUT2D eigenvalue weighted by Crippen LogP contribution is 2.36. The van der Waals surface area contributed by atoms with Crippen LogP contribution >= 0.6 is 0 Å². The fourth-order valence-corrected chi connectivity index (χ4v) is 4.57. The Kier molecular flexibility index (Phi) is 7.51. The number of nitrogens with zero attached hydrogens (tertiary/aromatic N) is 4. The molecule has 1 fully saturated rings. The molecule has 2 aromatic heterocycles. The monoisotopic (exact) mass is 537 g/mol. The second-order valence-corrected chi connectivity index (χ2v) is 9.60. The van der Waals surface area contributed by atoms with Crippen molar-refractivity contribution in [3.8, 4) is 5.75 Å². The van der Waals surface area contributed by atoms with E-state index < -0.39 is 59.0 Å². The number of benzene rings is 1. The lowest BCUT2D eigenvalue weighted by molar-refractivity contribution is -0.153. The highest BCUT2D eigenvalue weighted by Gasteiger charge is 2.49. The van der Waals surface area contributed by atoms with Crippen LogP contribution in [0.1, 0.15) is 36.4 Å². The van der Waals surface area contributed by atoms with E-state index in [4.69, 9.17) is 15.2 Å². The standard InChI is InChI=1S/C21H24FN7O7S/c1-2-5-14(31)36-17-13(8-27-37(33,34)28-20(32)11-6-3-4-7-12(11)30)35-21(15(17)22)29-10-26-16-18(23)24-9-25-19(16)29/h3-4,6-7,9-10,13,15,17,21,27,30H,2,5,8H2,1H3,(H,28,32)(H2,23,24,25)/t13-,15-,17-,21-/m1/s1. The molecular formula is C21H24FN7O7S. The fourth-order valence-electron chi connectivity index (χ4n) is 3.76. The molecule has 1 aliphatic rings. The lowest BCUT2D eigenvalue weighted by Gasteiger charge is -2.20. The number of alkyl halides is 1. The minimum absolute atomic E-state index is 0.0146. The van der Waals surface area contributed by atoms with Crippen LogP contribution in [0, 0.1) is 0 Å². The van der Waals surface area contributed by atoms with E-state index in [2.05, 4.69) is 19.7 Å². The molecule has 4 rings (SSSR count). The maximum absolute atomic E-state index is 15.6. The van der Waals surface area contributed by atoms with Crippen molar-refractivity contribution in [2.75, 3.05) is 12.3 Å². The van der Waals surface area contributed by atoms with Crippen LogP contribution in [0.5, 0.6) is 5.75 Å². The predicted octanol–water partition coefficient (Wildman–Crippen LogP) is 0.326. The van der Waals surface area contributed by atoms with Gasteiger partial charge in [0.05, 0.1) is 11.9 Å². The molecular weight excluding hydrogens is 513 g/mol. The first-order valence-electron chi connectivity index (χ1n) is 11.1. The van der Waals surface area contributed by atoms with Crippen molar-refractivity contribution in [1.82, 2.24) is 29.0 Å². The van der Waals surface area contributed by atoms with E-state index in [0.29, 0.717) is 6.42 Å². The van der Waals surface area contributed by atoms with Crippen molar-refractivity contribution in [2.45, 2.75) is 44.4 Å². The number of phenols is 1. The third kappa shape index (κ3) is 5.60. The van der Waals surface area contributed by atoms with Crippen LogP contribution in [0.2, 0.25) is 0 Å². The summed E-state index contributed by atoms with van der Waals surface area (Å²) >= 11 is 0. The van der Waals surface area contributed by atoms with Crippen molar-refractivity contribution < 1.29 is 37.0 Å². The molecule has 4 atom stereocenters. The summed E-state index contributed by atoms with van der Waals surface area (Å²) in [6, 6.07) is 5.35. The van der Waals surface area contributed by atoms with Crippen molar-refractivity contribution in [3.05, 3.63) is 42.5 Å². The van der Waals surface area contributed by atoms with Gasteiger partial charge in [0.15, 0.2) is 30.0 Å². The van der Waals surface area contributed by atoms with Gasteiger partial charge in [-0.1, -0.05) is 19.1 Å². The summed E-state index contributed by atoms with van der Waals surface area (Å²) in [5.74, 6) is -2.14. The van der Waals surface area contributed by atoms with Crippen molar-refractivity contribution in [1.29, 1.82) is 0 Å². The van der Waals surface area contributed by atoms with E-state index >= 15 is 4.39 Å². The first-order valence-corrected chi connectivity index (χ1v) is 12.6. The number of nitrogens with two attached hydrogens (primary N) is 1. The molecule has 0 aliphatic carbocycles. The third-order valence-electron chi connectivity index (χ3n) is 5.50. The molecule has 1 aliphatic heterocycles. The molecule has 3 aromatic rings. The summed E-state index contributed by atoms with van der Waals surface area (Å²) < 4.78 is 56.7. The summed E-state index contributed by atoms with van der Waals surface area (Å²) in [6.45, 7) is 1.18. The molecule has 0 bridgehead atoms. The highest BCUT2D eigenvalue weighted by molar-refractivity contribution is 7.88. The molecule has 1 saturated heterocycles. The number of esters is 1. The topological polar surface area (TPSA) is 201 Å². The van der Waals surface area contributed by atoms with Crippen LogP contribution in [-0.2, 0) is 24.5 Å². The number of amides is 1. The molecule has 5 N–H and O–H groups in total. The van der Waals surface area contributed by atoms with E-state index in [0.717, 1.165) is 6.33 Å². The van der Waals surface area contributed by atoms with Gasteiger partial charge >= 0.3 is 16.2 Å². The van der Waals surface area contributed by atoms with Crippen LogP contribution in [-0.4, -0.2) is 69.8 Å². The average Bonchev–Trinajstić information content (AvgIpc) is 3.40. The normalized spacial score (nSPS) is 21.7. The number of anilines is 1. The van der Waals surface area contributed by atoms with Gasteiger partial charge in [-0.3, -0.25) is 14.2 Å². The van der Waals surface area contributed by atoms with Crippen LogP contribution in [0.15, 0.2) is 36.9 Å². The van der Waals surface area contributed by atoms with E-state index in [9.17, 15) is 23.1 Å². The number of aromatic hydroxyl groups is 1. The number of carbonyl (C=O) groups excluding carboxylic acids is 2. The number of phenolic OH excluding ortho intramolecular Hbond substituents is 1. The van der Waals surface area contributed by atoms with Crippen LogP contribution < -0.4 is 15.2 Å². The van der Waals surface area contributed by atoms with E-state index in [1.54, 1.807) is 11.6 Å². The Labute approximate surface area is 210 Å². The molecule has 14 nitrogen and oxygen atoms in total. The maximum atomic E-state index is 15.6. The zero-order chi connectivity index (χ0) is 26.7. The number of hydrogen-bond acceptors (Lipinski definition) is 11. The predicted molar refractivity (Wildman–Crippen MR) is 126 cm³/mol. The number of nitrogens with one attached hydrogen (secondary N) is 2. The lowest BCUT2D eigenvalue weighted by atomic mass is 10.1. The van der Waals surface area contributed by atoms with E-state index in [1.165, 1.54) is 35.2 Å². The summed E-state index contributed by atoms with van der Waals surface area (Å²) in [7, 11) is -4.48. The van der Waals surface area contributed by atoms with Crippen LogP contribution in [0.3, 0.4) is 0 Å². The number of hydrogen-bond donors (Lipinski definition) is 4. The van der Waals surface area contributed by atoms with Gasteiger partial charge in [0.25, 0.3) is 5.91 Å². The van der Waals surface area contributed by atoms with Gasteiger partial charge in [-0.2, -0.15) is 13.1 Å². The van der Waals surface area contributed by atoms with Crippen molar-refractivity contribution in [3.63, 3.8) is 0 Å². The molecule has 0 radical (unpaired) electrons. The molecule has 0 saturated carbocycles. The largest absolute Gasteiger partial charge is 0.507 e. The minimum atomic E-state index is -4.48. The van der Waals surface area contributed by atoms with Gasteiger partial charge in [-0.25, -0.2) is 24.1 Å². The molecule has 16 heteroatoms. The second-order valence-electron chi connectivity index (χ2n) is 8.10. The second kappa shape index (κ2) is 10.6. The summed E-state index contributed by atoms with van der Waals surface area (Å²) in [5.41, 5.74) is 5.88. The fraction of sp³-hybridized carbons (Fsp3) is 0.381. The lowest BCUT2D eigenvalue weighted by Crippen LogP contribution is -2.46. The Bertz CT molecular complexity index is 1420. The maximum Gasteiger partial charge on any atom is 0.306 e.